The molecule has 1 aromatic heterocycles. The van der Waals surface area contributed by atoms with E-state index in [1.165, 1.54) is 5.56 Å². The summed E-state index contributed by atoms with van der Waals surface area (Å²) >= 11 is 0. The van der Waals surface area contributed by atoms with Crippen LogP contribution in [0.25, 0.3) is 0 Å². The Bertz CT molecular complexity index is 955. The smallest absolute Gasteiger partial charge is 0.270 e. The van der Waals surface area contributed by atoms with E-state index in [2.05, 4.69) is 20.6 Å². The van der Waals surface area contributed by atoms with E-state index in [0.717, 1.165) is 22.7 Å². The SMILES string of the molecule is COc1ccccc1CCNC(=O)c1cc(C)nc(Nc2ccc(C)cc2)n1. The monoisotopic (exact) mass is 376 g/mol. The van der Waals surface area contributed by atoms with E-state index in [0.29, 0.717) is 24.6 Å². The van der Waals surface area contributed by atoms with Crippen molar-refractivity contribution in [2.24, 2.45) is 0 Å². The van der Waals surface area contributed by atoms with Gasteiger partial charge in [0.1, 0.15) is 11.4 Å². The van der Waals surface area contributed by atoms with Crippen molar-refractivity contribution in [3.8, 4) is 5.75 Å². The van der Waals surface area contributed by atoms with E-state index < -0.39 is 0 Å². The van der Waals surface area contributed by atoms with Crippen LogP contribution in [0, 0.1) is 13.8 Å². The highest BCUT2D eigenvalue weighted by Crippen LogP contribution is 2.17. The number of anilines is 2. The molecule has 28 heavy (non-hydrogen) atoms. The Morgan fingerprint density at radius 2 is 1.79 bits per heavy atom. The molecule has 0 aliphatic carbocycles. The predicted octanol–water partition coefficient (Wildman–Crippen LogP) is 3.82. The first-order valence-corrected chi connectivity index (χ1v) is 9.14. The zero-order valence-electron chi connectivity index (χ0n) is 16.3. The van der Waals surface area contributed by atoms with Gasteiger partial charge in [-0.15, -0.1) is 0 Å². The lowest BCUT2D eigenvalue weighted by Crippen LogP contribution is -2.27. The van der Waals surface area contributed by atoms with Crippen LogP contribution in [0.4, 0.5) is 11.6 Å². The molecular formula is C22H24N4O2. The molecule has 1 heterocycles. The highest BCUT2D eigenvalue weighted by Gasteiger charge is 2.11. The molecular weight excluding hydrogens is 352 g/mol. The average molecular weight is 376 g/mol. The van der Waals surface area contributed by atoms with Gasteiger partial charge in [-0.2, -0.15) is 0 Å². The molecule has 144 valence electrons. The molecule has 6 nitrogen and oxygen atoms in total. The molecule has 0 saturated heterocycles. The summed E-state index contributed by atoms with van der Waals surface area (Å²) in [6.45, 7) is 4.36. The first kappa shape index (κ1) is 19.4. The largest absolute Gasteiger partial charge is 0.496 e. The molecule has 0 saturated carbocycles. The second-order valence-electron chi connectivity index (χ2n) is 6.53. The highest BCUT2D eigenvalue weighted by atomic mass is 16.5. The summed E-state index contributed by atoms with van der Waals surface area (Å²) in [6, 6.07) is 17.4. The topological polar surface area (TPSA) is 76.1 Å². The molecule has 0 atom stereocenters. The normalized spacial score (nSPS) is 10.4. The highest BCUT2D eigenvalue weighted by molar-refractivity contribution is 5.92. The molecule has 0 fully saturated rings. The molecule has 6 heteroatoms. The van der Waals surface area contributed by atoms with Crippen LogP contribution >= 0.6 is 0 Å². The van der Waals surface area contributed by atoms with E-state index >= 15 is 0 Å². The van der Waals surface area contributed by atoms with Crippen molar-refractivity contribution in [1.82, 2.24) is 15.3 Å². The van der Waals surface area contributed by atoms with Crippen molar-refractivity contribution in [2.45, 2.75) is 20.3 Å². The fourth-order valence-electron chi connectivity index (χ4n) is 2.82. The minimum atomic E-state index is -0.229. The number of benzene rings is 2. The minimum absolute atomic E-state index is 0.229. The van der Waals surface area contributed by atoms with E-state index in [1.54, 1.807) is 13.2 Å². The van der Waals surface area contributed by atoms with Crippen LogP contribution in [-0.4, -0.2) is 29.5 Å². The van der Waals surface area contributed by atoms with Crippen LogP contribution in [0.5, 0.6) is 5.75 Å². The summed E-state index contributed by atoms with van der Waals surface area (Å²) in [5, 5.41) is 6.06. The lowest BCUT2D eigenvalue weighted by atomic mass is 10.1. The number of aryl methyl sites for hydroxylation is 2. The number of carbonyl (C=O) groups is 1. The zero-order chi connectivity index (χ0) is 19.9. The van der Waals surface area contributed by atoms with Crippen LogP contribution in [0.15, 0.2) is 54.6 Å². The van der Waals surface area contributed by atoms with Gasteiger partial charge in [-0.05, 0) is 50.1 Å². The quantitative estimate of drug-likeness (QED) is 0.656. The molecule has 2 aromatic carbocycles. The lowest BCUT2D eigenvalue weighted by molar-refractivity contribution is 0.0949. The number of amides is 1. The third kappa shape index (κ3) is 5.07. The number of ether oxygens (including phenoxy) is 1. The minimum Gasteiger partial charge on any atom is -0.496 e. The first-order valence-electron chi connectivity index (χ1n) is 9.14. The second kappa shape index (κ2) is 8.99. The van der Waals surface area contributed by atoms with Crippen LogP contribution < -0.4 is 15.4 Å². The summed E-state index contributed by atoms with van der Waals surface area (Å²) in [4.78, 5) is 21.2. The van der Waals surface area contributed by atoms with Gasteiger partial charge in [0.2, 0.25) is 5.95 Å². The van der Waals surface area contributed by atoms with Crippen molar-refractivity contribution >= 4 is 17.5 Å². The summed E-state index contributed by atoms with van der Waals surface area (Å²) in [7, 11) is 1.64. The number of hydrogen-bond acceptors (Lipinski definition) is 5. The number of nitrogens with zero attached hydrogens (tertiary/aromatic N) is 2. The molecule has 0 radical (unpaired) electrons. The Kier molecular flexibility index (Phi) is 6.22. The fourth-order valence-corrected chi connectivity index (χ4v) is 2.82. The Morgan fingerprint density at radius 1 is 1.04 bits per heavy atom. The van der Waals surface area contributed by atoms with Crippen molar-refractivity contribution in [1.29, 1.82) is 0 Å². The van der Waals surface area contributed by atoms with Crippen LogP contribution in [-0.2, 0) is 6.42 Å². The summed E-state index contributed by atoms with van der Waals surface area (Å²) in [5.74, 6) is 0.991. The number of aromatic nitrogens is 2. The van der Waals surface area contributed by atoms with E-state index in [9.17, 15) is 4.79 Å². The average Bonchev–Trinajstić information content (AvgIpc) is 2.69. The van der Waals surface area contributed by atoms with E-state index in [-0.39, 0.29) is 5.91 Å². The number of methoxy groups -OCH3 is 1. The third-order valence-electron chi connectivity index (χ3n) is 4.27. The van der Waals surface area contributed by atoms with Gasteiger partial charge in [-0.3, -0.25) is 4.79 Å². The van der Waals surface area contributed by atoms with Crippen molar-refractivity contribution in [2.75, 3.05) is 19.0 Å². The van der Waals surface area contributed by atoms with Crippen LogP contribution in [0.3, 0.4) is 0 Å². The standard InChI is InChI=1S/C22H24N4O2/c1-15-8-10-18(11-9-15)25-22-24-16(2)14-19(26-22)21(27)23-13-12-17-6-4-5-7-20(17)28-3/h4-11,14H,12-13H2,1-3H3,(H,23,27)(H,24,25,26). The van der Waals surface area contributed by atoms with Gasteiger partial charge in [0.05, 0.1) is 7.11 Å². The van der Waals surface area contributed by atoms with Crippen molar-refractivity contribution < 1.29 is 9.53 Å². The Hall–Kier alpha value is -3.41. The van der Waals surface area contributed by atoms with Gasteiger partial charge in [0.15, 0.2) is 0 Å². The Labute approximate surface area is 165 Å². The number of hydrogen-bond donors (Lipinski definition) is 2. The maximum Gasteiger partial charge on any atom is 0.270 e. The van der Waals surface area contributed by atoms with Crippen LogP contribution in [0.1, 0.15) is 27.3 Å². The fraction of sp³-hybridized carbons (Fsp3) is 0.227. The molecule has 1 amide bonds. The van der Waals surface area contributed by atoms with Gasteiger partial charge in [0, 0.05) is 17.9 Å². The summed E-state index contributed by atoms with van der Waals surface area (Å²) < 4.78 is 5.34. The molecule has 0 aliphatic heterocycles. The first-order chi connectivity index (χ1) is 13.5. The van der Waals surface area contributed by atoms with E-state index in [4.69, 9.17) is 4.74 Å². The molecule has 0 unspecified atom stereocenters. The molecule has 3 aromatic rings. The maximum absolute atomic E-state index is 12.5. The van der Waals surface area contributed by atoms with Gasteiger partial charge in [-0.25, -0.2) is 9.97 Å². The number of rotatable bonds is 7. The molecule has 0 bridgehead atoms. The Balaban J connectivity index is 1.64. The number of carbonyl (C=O) groups excluding carboxylic acids is 1. The Morgan fingerprint density at radius 3 is 2.54 bits per heavy atom. The number of nitrogens with one attached hydrogen (secondary N) is 2. The summed E-state index contributed by atoms with van der Waals surface area (Å²) in [5.41, 5.74) is 4.15. The zero-order valence-corrected chi connectivity index (χ0v) is 16.3. The maximum atomic E-state index is 12.5. The molecule has 0 aliphatic rings. The van der Waals surface area contributed by atoms with Gasteiger partial charge < -0.3 is 15.4 Å². The predicted molar refractivity (Wildman–Crippen MR) is 110 cm³/mol. The second-order valence-corrected chi connectivity index (χ2v) is 6.53. The van der Waals surface area contributed by atoms with Crippen molar-refractivity contribution in [3.05, 3.63) is 77.1 Å². The van der Waals surface area contributed by atoms with Gasteiger partial charge >= 0.3 is 0 Å². The molecule has 0 spiro atoms. The van der Waals surface area contributed by atoms with Gasteiger partial charge in [-0.1, -0.05) is 35.9 Å². The van der Waals surface area contributed by atoms with Crippen LogP contribution in [0.2, 0.25) is 0 Å². The van der Waals surface area contributed by atoms with E-state index in [1.807, 2.05) is 62.4 Å². The van der Waals surface area contributed by atoms with Crippen molar-refractivity contribution in [3.63, 3.8) is 0 Å². The lowest BCUT2D eigenvalue weighted by Gasteiger charge is -2.10. The molecule has 3 rings (SSSR count). The summed E-state index contributed by atoms with van der Waals surface area (Å²) in [6.07, 6.45) is 0.675. The van der Waals surface area contributed by atoms with Gasteiger partial charge in [0.25, 0.3) is 5.91 Å². The molecule has 2 N–H and O–H groups in total. The third-order valence-corrected chi connectivity index (χ3v) is 4.27. The number of para-hydroxylation sites is 1.